The fourth-order valence-corrected chi connectivity index (χ4v) is 8.75. The highest BCUT2D eigenvalue weighted by Crippen LogP contribution is 2.39. The number of rotatable bonds is 8. The number of benzene rings is 1. The number of thiazole rings is 1. The highest BCUT2D eigenvalue weighted by atomic mass is 33.1. The zero-order valence-corrected chi connectivity index (χ0v) is 15.9. The van der Waals surface area contributed by atoms with E-state index in [9.17, 15) is 0 Å². The fraction of sp³-hybridized carbons (Fsp3) is 0.462. The maximum absolute atomic E-state index is 5.51. The molecular formula is C13H19NO3S3Si. The lowest BCUT2D eigenvalue weighted by Crippen LogP contribution is -2.47. The summed E-state index contributed by atoms with van der Waals surface area (Å²) in [6.07, 6.45) is 0. The summed E-state index contributed by atoms with van der Waals surface area (Å²) >= 11 is 1.72. The lowest BCUT2D eigenvalue weighted by atomic mass is 10.3. The first-order valence-electron chi connectivity index (χ1n) is 6.45. The Hall–Kier alpha value is -0.0931. The summed E-state index contributed by atoms with van der Waals surface area (Å²) in [6, 6.07) is 8.20. The highest BCUT2D eigenvalue weighted by Gasteiger charge is 2.44. The maximum Gasteiger partial charge on any atom is 0.504 e. The molecule has 0 saturated carbocycles. The van der Waals surface area contributed by atoms with Crippen LogP contribution in [0.3, 0.4) is 0 Å². The summed E-state index contributed by atoms with van der Waals surface area (Å²) in [5.74, 6) is 0.891. The molecule has 1 aromatic carbocycles. The molecule has 0 saturated heterocycles. The first-order chi connectivity index (χ1) is 10.1. The fourth-order valence-electron chi connectivity index (χ4n) is 2.03. The van der Waals surface area contributed by atoms with Crippen LogP contribution in [0, 0.1) is 0 Å². The van der Waals surface area contributed by atoms with Gasteiger partial charge in [0.05, 0.1) is 10.2 Å². The smallest absolute Gasteiger partial charge is 0.377 e. The minimum Gasteiger partial charge on any atom is -0.377 e. The Morgan fingerprint density at radius 3 is 2.48 bits per heavy atom. The largest absolute Gasteiger partial charge is 0.504 e. The van der Waals surface area contributed by atoms with Crippen LogP contribution in [0.2, 0.25) is 5.54 Å². The van der Waals surface area contributed by atoms with Crippen LogP contribution in [0.5, 0.6) is 0 Å². The molecule has 0 bridgehead atoms. The number of nitrogens with zero attached hydrogens (tertiary/aromatic N) is 1. The molecule has 1 unspecified atom stereocenters. The topological polar surface area (TPSA) is 40.6 Å². The van der Waals surface area contributed by atoms with Crippen molar-refractivity contribution in [1.29, 1.82) is 0 Å². The molecule has 116 valence electrons. The second-order valence-electron chi connectivity index (χ2n) is 4.43. The Balaban J connectivity index is 1.91. The van der Waals surface area contributed by atoms with Gasteiger partial charge in [0.2, 0.25) is 0 Å². The molecule has 0 spiro atoms. The van der Waals surface area contributed by atoms with Crippen LogP contribution in [0.15, 0.2) is 28.6 Å². The molecule has 0 aliphatic carbocycles. The Bertz CT molecular complexity index is 535. The summed E-state index contributed by atoms with van der Waals surface area (Å²) < 4.78 is 18.8. The molecule has 0 aliphatic heterocycles. The van der Waals surface area contributed by atoms with Crippen molar-refractivity contribution in [3.63, 3.8) is 0 Å². The van der Waals surface area contributed by atoms with Gasteiger partial charge in [0.1, 0.15) is 0 Å². The van der Waals surface area contributed by atoms with Gasteiger partial charge in [0.25, 0.3) is 0 Å². The van der Waals surface area contributed by atoms with Gasteiger partial charge in [-0.15, -0.1) is 11.3 Å². The van der Waals surface area contributed by atoms with Gasteiger partial charge < -0.3 is 13.3 Å². The molecule has 1 aromatic heterocycles. The highest BCUT2D eigenvalue weighted by molar-refractivity contribution is 8.77. The van der Waals surface area contributed by atoms with E-state index in [-0.39, 0.29) is 5.54 Å². The third kappa shape index (κ3) is 4.01. The van der Waals surface area contributed by atoms with E-state index in [0.717, 1.165) is 15.6 Å². The van der Waals surface area contributed by atoms with Gasteiger partial charge in [-0.2, -0.15) is 0 Å². The summed E-state index contributed by atoms with van der Waals surface area (Å²) in [6.45, 7) is 2.11. The van der Waals surface area contributed by atoms with E-state index >= 15 is 0 Å². The lowest BCUT2D eigenvalue weighted by molar-refractivity contribution is 0.116. The van der Waals surface area contributed by atoms with Gasteiger partial charge in [0.15, 0.2) is 4.34 Å². The molecule has 4 nitrogen and oxygen atoms in total. The minimum atomic E-state index is -2.54. The number of aromatic nitrogens is 1. The Morgan fingerprint density at radius 2 is 1.86 bits per heavy atom. The first kappa shape index (κ1) is 17.3. The second-order valence-corrected chi connectivity index (χ2v) is 11.5. The third-order valence-electron chi connectivity index (χ3n) is 3.18. The molecule has 1 heterocycles. The Labute approximate surface area is 138 Å². The third-order valence-corrected chi connectivity index (χ3v) is 10.5. The normalized spacial score (nSPS) is 13.7. The van der Waals surface area contributed by atoms with E-state index in [2.05, 4.69) is 18.0 Å². The zero-order chi connectivity index (χ0) is 15.3. The van der Waals surface area contributed by atoms with Crippen LogP contribution < -0.4 is 0 Å². The number of hydrogen-bond acceptors (Lipinski definition) is 7. The van der Waals surface area contributed by atoms with Crippen molar-refractivity contribution in [2.75, 3.05) is 27.1 Å². The summed E-state index contributed by atoms with van der Waals surface area (Å²) in [5.41, 5.74) is 1.29. The first-order valence-corrected chi connectivity index (χ1v) is 11.4. The monoisotopic (exact) mass is 361 g/mol. The van der Waals surface area contributed by atoms with Crippen molar-refractivity contribution in [1.82, 2.24) is 4.98 Å². The SMILES string of the molecule is CO[Si](OC)(OC)C(C)CSSc1nc2ccccc2s1. The average Bonchev–Trinajstić information content (AvgIpc) is 2.92. The average molecular weight is 362 g/mol. The van der Waals surface area contributed by atoms with Crippen molar-refractivity contribution < 1.29 is 13.3 Å². The molecule has 2 aromatic rings. The van der Waals surface area contributed by atoms with Crippen molar-refractivity contribution in [3.05, 3.63) is 24.3 Å². The lowest BCUT2D eigenvalue weighted by Gasteiger charge is -2.29. The van der Waals surface area contributed by atoms with E-state index in [1.54, 1.807) is 54.3 Å². The summed E-state index contributed by atoms with van der Waals surface area (Å²) in [4.78, 5) is 4.61. The van der Waals surface area contributed by atoms with E-state index in [1.165, 1.54) is 4.70 Å². The summed E-state index contributed by atoms with van der Waals surface area (Å²) in [7, 11) is 5.88. The van der Waals surface area contributed by atoms with Gasteiger partial charge in [-0.05, 0) is 22.9 Å². The van der Waals surface area contributed by atoms with Gasteiger partial charge in [0, 0.05) is 32.6 Å². The summed E-state index contributed by atoms with van der Waals surface area (Å²) in [5, 5.41) is 0. The van der Waals surface area contributed by atoms with Crippen LogP contribution in [-0.4, -0.2) is 40.9 Å². The molecule has 2 rings (SSSR count). The van der Waals surface area contributed by atoms with E-state index in [1.807, 2.05) is 18.2 Å². The molecule has 0 amide bonds. The van der Waals surface area contributed by atoms with Crippen LogP contribution >= 0.6 is 32.9 Å². The van der Waals surface area contributed by atoms with Crippen LogP contribution in [0.4, 0.5) is 0 Å². The predicted octanol–water partition coefficient (Wildman–Crippen LogP) is 4.30. The van der Waals surface area contributed by atoms with Gasteiger partial charge in [-0.25, -0.2) is 4.98 Å². The zero-order valence-electron chi connectivity index (χ0n) is 12.5. The quantitative estimate of drug-likeness (QED) is 0.515. The van der Waals surface area contributed by atoms with Crippen LogP contribution in [0.1, 0.15) is 6.92 Å². The molecule has 0 radical (unpaired) electrons. The number of fused-ring (bicyclic) bond motifs is 1. The maximum atomic E-state index is 5.51. The molecular weight excluding hydrogens is 342 g/mol. The second kappa shape index (κ2) is 7.96. The predicted molar refractivity (Wildman–Crippen MR) is 94.1 cm³/mol. The number of hydrogen-bond donors (Lipinski definition) is 0. The van der Waals surface area contributed by atoms with E-state index < -0.39 is 8.80 Å². The molecule has 0 N–H and O–H groups in total. The molecule has 1 atom stereocenters. The Kier molecular flexibility index (Phi) is 6.54. The van der Waals surface area contributed by atoms with Gasteiger partial charge in [-0.1, -0.05) is 29.9 Å². The van der Waals surface area contributed by atoms with Crippen LogP contribution in [0.25, 0.3) is 10.2 Å². The minimum absolute atomic E-state index is 0.226. The van der Waals surface area contributed by atoms with Crippen molar-refractivity contribution in [2.24, 2.45) is 0 Å². The van der Waals surface area contributed by atoms with Gasteiger partial charge in [-0.3, -0.25) is 0 Å². The number of para-hydroxylation sites is 1. The molecule has 0 fully saturated rings. The van der Waals surface area contributed by atoms with Crippen molar-refractivity contribution in [3.8, 4) is 0 Å². The standard InChI is InChI=1S/C13H19NO3S3Si/c1-10(21(15-2,16-3)17-4)9-18-20-13-14-11-7-5-6-8-12(11)19-13/h5-8,10H,9H2,1-4H3. The van der Waals surface area contributed by atoms with E-state index in [4.69, 9.17) is 13.3 Å². The molecule has 8 heteroatoms. The molecule has 0 aliphatic rings. The van der Waals surface area contributed by atoms with Crippen LogP contribution in [-0.2, 0) is 13.3 Å². The van der Waals surface area contributed by atoms with E-state index in [0.29, 0.717) is 0 Å². The Morgan fingerprint density at radius 1 is 1.19 bits per heavy atom. The van der Waals surface area contributed by atoms with Crippen molar-refractivity contribution >= 4 is 51.9 Å². The van der Waals surface area contributed by atoms with Gasteiger partial charge >= 0.3 is 8.80 Å². The van der Waals surface area contributed by atoms with Crippen molar-refractivity contribution in [2.45, 2.75) is 16.8 Å². The molecule has 21 heavy (non-hydrogen) atoms.